The number of anilines is 2. The van der Waals surface area contributed by atoms with E-state index in [-0.39, 0.29) is 5.97 Å². The molecular weight excluding hydrogens is 274 g/mol. The zero-order valence-corrected chi connectivity index (χ0v) is 13.4. The first kappa shape index (κ1) is 15.1. The van der Waals surface area contributed by atoms with Gasteiger partial charge in [-0.2, -0.15) is 0 Å². The van der Waals surface area contributed by atoms with Crippen molar-refractivity contribution < 1.29 is 9.53 Å². The third-order valence-electron chi connectivity index (χ3n) is 3.55. The molecule has 0 aliphatic heterocycles. The highest BCUT2D eigenvalue weighted by molar-refractivity contribution is 7.18. The van der Waals surface area contributed by atoms with E-state index in [9.17, 15) is 4.79 Å². The largest absolute Gasteiger partial charge is 0.465 e. The number of carbonyl (C=O) groups is 1. The summed E-state index contributed by atoms with van der Waals surface area (Å²) < 4.78 is 4.83. The zero-order chi connectivity index (χ0) is 14.9. The summed E-state index contributed by atoms with van der Waals surface area (Å²) in [6.45, 7) is 1.87. The summed E-state index contributed by atoms with van der Waals surface area (Å²) in [4.78, 5) is 16.7. The number of esters is 1. The molecule has 1 fully saturated rings. The van der Waals surface area contributed by atoms with Gasteiger partial charge in [-0.3, -0.25) is 0 Å². The number of nitrogens with two attached hydrogens (primary N) is 1. The number of ether oxygens (including phenoxy) is 1. The molecule has 1 aromatic rings. The lowest BCUT2D eigenvalue weighted by molar-refractivity contribution is 0.0607. The maximum Gasteiger partial charge on any atom is 0.350 e. The summed E-state index contributed by atoms with van der Waals surface area (Å²) in [7, 11) is 7.56. The Morgan fingerprint density at radius 3 is 2.50 bits per heavy atom. The average Bonchev–Trinajstić information content (AvgIpc) is 3.18. The minimum absolute atomic E-state index is 0.332. The summed E-state index contributed by atoms with van der Waals surface area (Å²) in [6, 6.07) is 0. The van der Waals surface area contributed by atoms with Crippen LogP contribution >= 0.6 is 11.3 Å². The van der Waals surface area contributed by atoms with E-state index in [2.05, 4.69) is 30.9 Å². The molecule has 5 nitrogen and oxygen atoms in total. The van der Waals surface area contributed by atoms with E-state index in [0.29, 0.717) is 16.5 Å². The van der Waals surface area contributed by atoms with Crippen molar-refractivity contribution in [3.05, 3.63) is 10.4 Å². The van der Waals surface area contributed by atoms with E-state index in [0.717, 1.165) is 36.5 Å². The molecule has 0 amide bonds. The minimum atomic E-state index is -0.332. The van der Waals surface area contributed by atoms with Gasteiger partial charge < -0.3 is 20.3 Å². The van der Waals surface area contributed by atoms with Gasteiger partial charge in [0.15, 0.2) is 0 Å². The first-order valence-corrected chi connectivity index (χ1v) is 7.63. The van der Waals surface area contributed by atoms with Crippen LogP contribution in [0.15, 0.2) is 0 Å². The second-order valence-corrected chi connectivity index (χ2v) is 6.55. The van der Waals surface area contributed by atoms with E-state index in [1.54, 1.807) is 0 Å². The molecule has 1 aliphatic carbocycles. The predicted octanol–water partition coefficient (Wildman–Crippen LogP) is 1.99. The SMILES string of the molecule is COC(=O)c1sc(N(C)CCN(C)C)c(C2CC2)c1N. The van der Waals surface area contributed by atoms with Crippen molar-refractivity contribution >= 4 is 28.0 Å². The van der Waals surface area contributed by atoms with Crippen molar-refractivity contribution in [3.63, 3.8) is 0 Å². The van der Waals surface area contributed by atoms with Crippen molar-refractivity contribution in [2.45, 2.75) is 18.8 Å². The van der Waals surface area contributed by atoms with Gasteiger partial charge in [0.05, 0.1) is 17.8 Å². The number of likely N-dealkylation sites (N-methyl/N-ethyl adjacent to an activating group) is 2. The van der Waals surface area contributed by atoms with Crippen molar-refractivity contribution in [2.24, 2.45) is 0 Å². The molecule has 1 aromatic heterocycles. The topological polar surface area (TPSA) is 58.8 Å². The number of thiophene rings is 1. The number of nitrogens with zero attached hydrogens (tertiary/aromatic N) is 2. The van der Waals surface area contributed by atoms with Crippen LogP contribution in [0.2, 0.25) is 0 Å². The van der Waals surface area contributed by atoms with Gasteiger partial charge >= 0.3 is 5.97 Å². The monoisotopic (exact) mass is 297 g/mol. The maximum atomic E-state index is 11.8. The summed E-state index contributed by atoms with van der Waals surface area (Å²) in [5, 5.41) is 1.12. The molecule has 0 saturated heterocycles. The van der Waals surface area contributed by atoms with Crippen LogP contribution in [0.25, 0.3) is 0 Å². The fraction of sp³-hybridized carbons (Fsp3) is 0.643. The normalized spacial score (nSPS) is 14.7. The Morgan fingerprint density at radius 2 is 2.00 bits per heavy atom. The molecule has 1 heterocycles. The summed E-state index contributed by atoms with van der Waals surface area (Å²) in [5.74, 6) is 0.183. The van der Waals surface area contributed by atoms with Gasteiger partial charge in [0.2, 0.25) is 0 Å². The molecule has 0 spiro atoms. The second kappa shape index (κ2) is 6.01. The summed E-state index contributed by atoms with van der Waals surface area (Å²) in [5.41, 5.74) is 7.96. The van der Waals surface area contributed by atoms with Gasteiger partial charge in [-0.25, -0.2) is 4.79 Å². The first-order valence-electron chi connectivity index (χ1n) is 6.82. The Balaban J connectivity index is 2.28. The highest BCUT2D eigenvalue weighted by Crippen LogP contribution is 2.51. The van der Waals surface area contributed by atoms with Crippen LogP contribution in [-0.2, 0) is 4.74 Å². The van der Waals surface area contributed by atoms with Gasteiger partial charge in [-0.15, -0.1) is 11.3 Å². The van der Waals surface area contributed by atoms with Crippen molar-refractivity contribution in [3.8, 4) is 0 Å². The van der Waals surface area contributed by atoms with Crippen LogP contribution in [0, 0.1) is 0 Å². The zero-order valence-electron chi connectivity index (χ0n) is 12.6. The molecule has 0 atom stereocenters. The number of hydrogen-bond donors (Lipinski definition) is 1. The fourth-order valence-corrected chi connectivity index (χ4v) is 3.40. The Labute approximate surface area is 124 Å². The predicted molar refractivity (Wildman–Crippen MR) is 83.9 cm³/mol. The van der Waals surface area contributed by atoms with Crippen LogP contribution in [0.3, 0.4) is 0 Å². The molecular formula is C14H23N3O2S. The molecule has 0 bridgehead atoms. The molecule has 0 unspecified atom stereocenters. The molecule has 20 heavy (non-hydrogen) atoms. The Kier molecular flexibility index (Phi) is 4.55. The van der Waals surface area contributed by atoms with Crippen LogP contribution in [-0.4, -0.2) is 52.2 Å². The number of hydrogen-bond acceptors (Lipinski definition) is 6. The quantitative estimate of drug-likeness (QED) is 0.814. The molecule has 0 aromatic carbocycles. The van der Waals surface area contributed by atoms with Gasteiger partial charge in [-0.05, 0) is 32.9 Å². The maximum absolute atomic E-state index is 11.8. The van der Waals surface area contributed by atoms with E-state index >= 15 is 0 Å². The molecule has 6 heteroatoms. The number of carbonyl (C=O) groups excluding carboxylic acids is 1. The average molecular weight is 297 g/mol. The fourth-order valence-electron chi connectivity index (χ4n) is 2.19. The highest BCUT2D eigenvalue weighted by atomic mass is 32.1. The lowest BCUT2D eigenvalue weighted by atomic mass is 10.1. The van der Waals surface area contributed by atoms with E-state index in [1.165, 1.54) is 18.4 Å². The van der Waals surface area contributed by atoms with E-state index < -0.39 is 0 Å². The van der Waals surface area contributed by atoms with E-state index in [1.807, 2.05) is 0 Å². The Bertz CT molecular complexity index is 495. The molecule has 1 saturated carbocycles. The summed E-state index contributed by atoms with van der Waals surface area (Å²) in [6.07, 6.45) is 2.33. The van der Waals surface area contributed by atoms with Crippen LogP contribution < -0.4 is 10.6 Å². The molecule has 2 rings (SSSR count). The van der Waals surface area contributed by atoms with Crippen LogP contribution in [0.5, 0.6) is 0 Å². The second-order valence-electron chi connectivity index (χ2n) is 5.55. The van der Waals surface area contributed by atoms with Crippen molar-refractivity contribution in [2.75, 3.05) is 52.0 Å². The van der Waals surface area contributed by atoms with Gasteiger partial charge in [-0.1, -0.05) is 0 Å². The van der Waals surface area contributed by atoms with Crippen LogP contribution in [0.4, 0.5) is 10.7 Å². The Morgan fingerprint density at radius 1 is 1.35 bits per heavy atom. The molecule has 1 aliphatic rings. The number of methoxy groups -OCH3 is 1. The minimum Gasteiger partial charge on any atom is -0.465 e. The summed E-state index contributed by atoms with van der Waals surface area (Å²) >= 11 is 1.45. The van der Waals surface area contributed by atoms with Gasteiger partial charge in [0, 0.05) is 25.7 Å². The standard InChI is InChI=1S/C14H23N3O2S/c1-16(2)7-8-17(3)13-10(9-5-6-9)11(15)12(20-13)14(18)19-4/h9H,5-8,15H2,1-4H3. The molecule has 0 radical (unpaired) electrons. The highest BCUT2D eigenvalue weighted by Gasteiger charge is 2.34. The van der Waals surface area contributed by atoms with Gasteiger partial charge in [0.25, 0.3) is 0 Å². The molecule has 2 N–H and O–H groups in total. The smallest absolute Gasteiger partial charge is 0.350 e. The lowest BCUT2D eigenvalue weighted by Crippen LogP contribution is -2.28. The molecule has 112 valence electrons. The Hall–Kier alpha value is -1.27. The third-order valence-corrected chi connectivity index (χ3v) is 4.87. The van der Waals surface area contributed by atoms with Crippen molar-refractivity contribution in [1.29, 1.82) is 0 Å². The van der Waals surface area contributed by atoms with Crippen LogP contribution in [0.1, 0.15) is 34.0 Å². The van der Waals surface area contributed by atoms with E-state index in [4.69, 9.17) is 10.5 Å². The first-order chi connectivity index (χ1) is 9.45. The van der Waals surface area contributed by atoms with Crippen molar-refractivity contribution in [1.82, 2.24) is 4.90 Å². The van der Waals surface area contributed by atoms with Gasteiger partial charge in [0.1, 0.15) is 4.88 Å². The number of rotatable bonds is 6. The third kappa shape index (κ3) is 3.07. The number of nitrogen functional groups attached to an aromatic ring is 1. The lowest BCUT2D eigenvalue weighted by Gasteiger charge is -2.21.